The fourth-order valence-electron chi connectivity index (χ4n) is 4.51. The number of methoxy groups -OCH3 is 1. The minimum Gasteiger partial charge on any atom is -0.497 e. The third kappa shape index (κ3) is 5.65. The van der Waals surface area contributed by atoms with Crippen LogP contribution in [-0.4, -0.2) is 31.2 Å². The van der Waals surface area contributed by atoms with E-state index in [0.717, 1.165) is 30.9 Å². The quantitative estimate of drug-likeness (QED) is 0.301. The van der Waals surface area contributed by atoms with Crippen LogP contribution in [-0.2, 0) is 40.9 Å². The van der Waals surface area contributed by atoms with E-state index in [1.54, 1.807) is 24.3 Å². The topological polar surface area (TPSA) is 100 Å². The van der Waals surface area contributed by atoms with Crippen molar-refractivity contribution < 1.29 is 33.3 Å². The number of halogens is 1. The van der Waals surface area contributed by atoms with Crippen LogP contribution in [0.25, 0.3) is 0 Å². The first-order valence-electron chi connectivity index (χ1n) is 11.9. The fourth-order valence-corrected chi connectivity index (χ4v) is 4.79. The number of esters is 2. The van der Waals surface area contributed by atoms with Gasteiger partial charge in [-0.15, -0.1) is 0 Å². The van der Waals surface area contributed by atoms with Crippen molar-refractivity contribution in [1.82, 2.24) is 5.32 Å². The van der Waals surface area contributed by atoms with E-state index in [0.29, 0.717) is 12.8 Å². The molecule has 9 heteroatoms. The first-order valence-corrected chi connectivity index (χ1v) is 12.2. The third-order valence-electron chi connectivity index (χ3n) is 6.33. The molecule has 0 radical (unpaired) electrons. The van der Waals surface area contributed by atoms with Gasteiger partial charge in [0, 0.05) is 10.6 Å². The normalized spacial score (nSPS) is 19.4. The van der Waals surface area contributed by atoms with Gasteiger partial charge in [0.2, 0.25) is 6.10 Å². The Hall–Kier alpha value is -3.52. The molecule has 2 atom stereocenters. The fraction of sp³-hybridized carbons (Fsp3) is 0.370. The summed E-state index contributed by atoms with van der Waals surface area (Å²) in [7, 11) is 1.36. The molecule has 2 unspecified atom stereocenters. The lowest BCUT2D eigenvalue weighted by molar-refractivity contribution is -0.193. The molecule has 4 rings (SSSR count). The molecule has 1 aliphatic heterocycles. The Bertz CT molecular complexity index is 1130. The molecule has 1 N–H and O–H groups in total. The predicted molar refractivity (Wildman–Crippen MR) is 131 cm³/mol. The van der Waals surface area contributed by atoms with Crippen LogP contribution in [0.1, 0.15) is 43.2 Å². The van der Waals surface area contributed by atoms with Gasteiger partial charge in [-0.25, -0.2) is 9.59 Å². The number of carbonyl (C=O) groups excluding carboxylic acids is 3. The Balaban J connectivity index is 1.73. The number of hydrogen-bond acceptors (Lipinski definition) is 7. The highest BCUT2D eigenvalue weighted by Gasteiger charge is 2.55. The van der Waals surface area contributed by atoms with Crippen LogP contribution in [0.15, 0.2) is 66.4 Å². The van der Waals surface area contributed by atoms with Crippen molar-refractivity contribution in [3.8, 4) is 0 Å². The zero-order chi connectivity index (χ0) is 25.5. The number of carbonyl (C=O) groups is 3. The van der Waals surface area contributed by atoms with Gasteiger partial charge in [0.25, 0.3) is 5.72 Å². The van der Waals surface area contributed by atoms with Gasteiger partial charge in [0.1, 0.15) is 6.61 Å². The molecule has 2 aromatic rings. The molecule has 1 fully saturated rings. The lowest BCUT2D eigenvalue weighted by atomic mass is 9.88. The molecule has 36 heavy (non-hydrogen) atoms. The summed E-state index contributed by atoms with van der Waals surface area (Å²) in [6.07, 6.45) is 3.07. The van der Waals surface area contributed by atoms with Crippen LogP contribution in [0.4, 0.5) is 4.79 Å². The summed E-state index contributed by atoms with van der Waals surface area (Å²) in [4.78, 5) is 38.8. The SMILES string of the molecule is COC1=CC(=O)OC1C(NC(=O)OCc1ccccc1)(OC(=O)C1CCCCC1)c1ccccc1Cl. The molecule has 0 aromatic heterocycles. The van der Waals surface area contributed by atoms with Gasteiger partial charge >= 0.3 is 18.0 Å². The second-order valence-electron chi connectivity index (χ2n) is 8.73. The number of rotatable bonds is 8. The second-order valence-corrected chi connectivity index (χ2v) is 9.13. The number of amides is 1. The Kier molecular flexibility index (Phi) is 8.15. The van der Waals surface area contributed by atoms with Crippen molar-refractivity contribution in [2.45, 2.75) is 50.5 Å². The summed E-state index contributed by atoms with van der Waals surface area (Å²) in [6.45, 7) is -0.0285. The van der Waals surface area contributed by atoms with Crippen LogP contribution in [0, 0.1) is 5.92 Å². The molecule has 8 nitrogen and oxygen atoms in total. The van der Waals surface area contributed by atoms with Crippen LogP contribution >= 0.6 is 11.6 Å². The van der Waals surface area contributed by atoms with Crippen molar-refractivity contribution in [3.63, 3.8) is 0 Å². The zero-order valence-corrected chi connectivity index (χ0v) is 20.7. The first-order chi connectivity index (χ1) is 17.4. The van der Waals surface area contributed by atoms with Gasteiger partial charge in [-0.2, -0.15) is 0 Å². The molecule has 2 aliphatic rings. The Morgan fingerprint density at radius 1 is 1.06 bits per heavy atom. The molecule has 1 amide bonds. The van der Waals surface area contributed by atoms with Crippen LogP contribution < -0.4 is 5.32 Å². The summed E-state index contributed by atoms with van der Waals surface area (Å²) in [5.41, 5.74) is -1.05. The number of hydrogen-bond donors (Lipinski definition) is 1. The van der Waals surface area contributed by atoms with E-state index in [1.807, 2.05) is 30.3 Å². The summed E-state index contributed by atoms with van der Waals surface area (Å²) in [5.74, 6) is -1.53. The third-order valence-corrected chi connectivity index (χ3v) is 6.66. The average Bonchev–Trinajstić information content (AvgIpc) is 3.29. The lowest BCUT2D eigenvalue weighted by Crippen LogP contribution is -2.58. The molecule has 0 bridgehead atoms. The van der Waals surface area contributed by atoms with E-state index >= 15 is 0 Å². The Labute approximate surface area is 214 Å². The molecule has 0 saturated heterocycles. The molecule has 0 spiro atoms. The maximum atomic E-state index is 13.4. The van der Waals surface area contributed by atoms with Gasteiger partial charge in [-0.1, -0.05) is 79.4 Å². The monoisotopic (exact) mass is 513 g/mol. The van der Waals surface area contributed by atoms with E-state index in [9.17, 15) is 14.4 Å². The summed E-state index contributed by atoms with van der Waals surface area (Å²) >= 11 is 6.56. The van der Waals surface area contributed by atoms with Crippen molar-refractivity contribution in [3.05, 3.63) is 82.6 Å². The zero-order valence-electron chi connectivity index (χ0n) is 19.9. The van der Waals surface area contributed by atoms with Crippen LogP contribution in [0.5, 0.6) is 0 Å². The molecular formula is C27H28ClNO7. The molecule has 1 heterocycles. The van der Waals surface area contributed by atoms with Crippen molar-refractivity contribution in [2.75, 3.05) is 7.11 Å². The van der Waals surface area contributed by atoms with E-state index in [-0.39, 0.29) is 28.9 Å². The highest BCUT2D eigenvalue weighted by Crippen LogP contribution is 2.41. The standard InChI is InChI=1S/C27H28ClNO7/c1-33-22-16-23(30)35-24(22)27(20-14-8-9-15-21(20)28,36-25(31)19-12-6-3-7-13-19)29-26(32)34-17-18-10-4-2-5-11-18/h2,4-5,8-11,14-16,19,24H,3,6-7,12-13,17H2,1H3,(H,29,32). The predicted octanol–water partition coefficient (Wildman–Crippen LogP) is 5.00. The summed E-state index contributed by atoms with van der Waals surface area (Å²) < 4.78 is 22.5. The minimum absolute atomic E-state index is 0.0285. The maximum absolute atomic E-state index is 13.4. The number of alkyl carbamates (subject to hydrolysis) is 1. The molecule has 1 aliphatic carbocycles. The van der Waals surface area contributed by atoms with Crippen LogP contribution in [0.2, 0.25) is 5.02 Å². The largest absolute Gasteiger partial charge is 0.497 e. The molecular weight excluding hydrogens is 486 g/mol. The van der Waals surface area contributed by atoms with E-state index in [2.05, 4.69) is 5.32 Å². The van der Waals surface area contributed by atoms with E-state index < -0.39 is 29.9 Å². The summed E-state index contributed by atoms with van der Waals surface area (Å²) in [5, 5.41) is 2.86. The van der Waals surface area contributed by atoms with Crippen molar-refractivity contribution in [2.24, 2.45) is 5.92 Å². The Morgan fingerprint density at radius 3 is 2.44 bits per heavy atom. The van der Waals surface area contributed by atoms with Crippen molar-refractivity contribution >= 4 is 29.6 Å². The van der Waals surface area contributed by atoms with Gasteiger partial charge in [-0.05, 0) is 24.5 Å². The number of cyclic esters (lactones) is 1. The van der Waals surface area contributed by atoms with E-state index in [4.69, 9.17) is 30.5 Å². The highest BCUT2D eigenvalue weighted by molar-refractivity contribution is 6.31. The maximum Gasteiger partial charge on any atom is 0.410 e. The van der Waals surface area contributed by atoms with Gasteiger partial charge in [0.15, 0.2) is 5.76 Å². The molecule has 1 saturated carbocycles. The molecule has 2 aromatic carbocycles. The van der Waals surface area contributed by atoms with Gasteiger partial charge in [-0.3, -0.25) is 10.1 Å². The lowest BCUT2D eigenvalue weighted by Gasteiger charge is -2.39. The van der Waals surface area contributed by atoms with Crippen molar-refractivity contribution in [1.29, 1.82) is 0 Å². The molecule has 190 valence electrons. The average molecular weight is 514 g/mol. The highest BCUT2D eigenvalue weighted by atomic mass is 35.5. The smallest absolute Gasteiger partial charge is 0.410 e. The van der Waals surface area contributed by atoms with Crippen LogP contribution in [0.3, 0.4) is 0 Å². The van der Waals surface area contributed by atoms with Gasteiger partial charge in [0.05, 0.1) is 19.1 Å². The summed E-state index contributed by atoms with van der Waals surface area (Å²) in [6, 6.07) is 15.7. The number of ether oxygens (including phenoxy) is 4. The van der Waals surface area contributed by atoms with E-state index in [1.165, 1.54) is 7.11 Å². The number of nitrogens with one attached hydrogen (secondary N) is 1. The number of benzene rings is 2. The minimum atomic E-state index is -2.03. The second kappa shape index (κ2) is 11.5. The Morgan fingerprint density at radius 2 is 1.75 bits per heavy atom. The van der Waals surface area contributed by atoms with Gasteiger partial charge < -0.3 is 18.9 Å². The first kappa shape index (κ1) is 25.6.